The fourth-order valence-electron chi connectivity index (χ4n) is 4.78. The average molecular weight is 489 g/mol. The minimum atomic E-state index is 0.276. The molecule has 37 heavy (non-hydrogen) atoms. The third-order valence-corrected chi connectivity index (χ3v) is 6.73. The number of ether oxygens (including phenoxy) is 1. The Bertz CT molecular complexity index is 1550. The standard InChI is InChI=1S/C18H18N2O.C13H10N2O/c1-2-6-15(5-1)21-16-9-7-13(8-10-16)17-12-14-4-3-11-19-18(14)20-17;16-11-5-3-9(4-6-11)12-8-10-2-1-7-14-13(10)15-12/h3-4,7-12,15H,1-2,5-6H2,(H,19,20);1-8,16H,(H,14,15). The van der Waals surface area contributed by atoms with Crippen molar-refractivity contribution >= 4 is 22.1 Å². The minimum Gasteiger partial charge on any atom is -0.508 e. The maximum Gasteiger partial charge on any atom is 0.137 e. The largest absolute Gasteiger partial charge is 0.508 e. The van der Waals surface area contributed by atoms with Gasteiger partial charge in [-0.3, -0.25) is 0 Å². The predicted octanol–water partition coefficient (Wildman–Crippen LogP) is 7.49. The summed E-state index contributed by atoms with van der Waals surface area (Å²) in [7, 11) is 0. The third kappa shape index (κ3) is 5.19. The van der Waals surface area contributed by atoms with Crippen molar-refractivity contribution < 1.29 is 9.84 Å². The second kappa shape index (κ2) is 10.2. The number of benzene rings is 2. The molecule has 1 saturated carbocycles. The molecule has 0 atom stereocenters. The van der Waals surface area contributed by atoms with Gasteiger partial charge in [0.05, 0.1) is 6.10 Å². The highest BCUT2D eigenvalue weighted by Crippen LogP contribution is 2.28. The van der Waals surface area contributed by atoms with E-state index in [4.69, 9.17) is 4.74 Å². The van der Waals surface area contributed by atoms with Crippen LogP contribution in [-0.2, 0) is 0 Å². The number of phenols is 1. The van der Waals surface area contributed by atoms with Gasteiger partial charge in [-0.25, -0.2) is 9.97 Å². The number of fused-ring (bicyclic) bond motifs is 2. The van der Waals surface area contributed by atoms with Gasteiger partial charge in [0.1, 0.15) is 22.8 Å². The first-order valence-corrected chi connectivity index (χ1v) is 12.7. The lowest BCUT2D eigenvalue weighted by Crippen LogP contribution is -2.10. The molecular weight excluding hydrogens is 460 g/mol. The summed E-state index contributed by atoms with van der Waals surface area (Å²) in [6.45, 7) is 0. The molecule has 0 amide bonds. The first kappa shape index (κ1) is 22.9. The van der Waals surface area contributed by atoms with Crippen LogP contribution in [0.5, 0.6) is 11.5 Å². The Morgan fingerprint density at radius 1 is 0.676 bits per heavy atom. The van der Waals surface area contributed by atoms with Gasteiger partial charge in [0.2, 0.25) is 0 Å². The zero-order valence-corrected chi connectivity index (χ0v) is 20.4. The van der Waals surface area contributed by atoms with Gasteiger partial charge >= 0.3 is 0 Å². The number of hydrogen-bond acceptors (Lipinski definition) is 4. The number of hydrogen-bond donors (Lipinski definition) is 3. The van der Waals surface area contributed by atoms with Gasteiger partial charge in [-0.2, -0.15) is 0 Å². The molecule has 4 heterocycles. The number of nitrogens with zero attached hydrogens (tertiary/aromatic N) is 2. The number of nitrogens with one attached hydrogen (secondary N) is 2. The molecule has 6 aromatic rings. The highest BCUT2D eigenvalue weighted by molar-refractivity contribution is 5.83. The van der Waals surface area contributed by atoms with Gasteiger partial charge in [-0.05, 0) is 122 Å². The summed E-state index contributed by atoms with van der Waals surface area (Å²) in [5.74, 6) is 1.25. The molecule has 7 rings (SSSR count). The van der Waals surface area contributed by atoms with Gasteiger partial charge in [0.15, 0.2) is 0 Å². The average Bonchev–Trinajstić information content (AvgIpc) is 3.69. The first-order valence-electron chi connectivity index (χ1n) is 12.7. The number of rotatable bonds is 4. The summed E-state index contributed by atoms with van der Waals surface area (Å²) >= 11 is 0. The highest BCUT2D eigenvalue weighted by atomic mass is 16.5. The van der Waals surface area contributed by atoms with Crippen molar-refractivity contribution in [1.82, 2.24) is 19.9 Å². The smallest absolute Gasteiger partial charge is 0.137 e. The van der Waals surface area contributed by atoms with Crippen LogP contribution in [0.1, 0.15) is 25.7 Å². The topological polar surface area (TPSA) is 86.8 Å². The van der Waals surface area contributed by atoms with Crippen molar-refractivity contribution in [1.29, 1.82) is 0 Å². The van der Waals surface area contributed by atoms with Gasteiger partial charge in [0.25, 0.3) is 0 Å². The maximum atomic E-state index is 9.22. The number of pyridine rings is 2. The molecule has 0 bridgehead atoms. The first-order chi connectivity index (χ1) is 18.2. The molecule has 0 spiro atoms. The SMILES string of the molecule is Oc1ccc(-c2cc3cccnc3[nH]2)cc1.c1cnc2[nH]c(-c3ccc(OC4CCCC4)cc3)cc2c1. The predicted molar refractivity (Wildman–Crippen MR) is 148 cm³/mol. The van der Waals surface area contributed by atoms with E-state index < -0.39 is 0 Å². The van der Waals surface area contributed by atoms with Crippen molar-refractivity contribution in [2.45, 2.75) is 31.8 Å². The van der Waals surface area contributed by atoms with Crippen molar-refractivity contribution in [2.24, 2.45) is 0 Å². The number of aromatic nitrogens is 4. The lowest BCUT2D eigenvalue weighted by Gasteiger charge is -2.13. The van der Waals surface area contributed by atoms with Crippen LogP contribution in [0.2, 0.25) is 0 Å². The molecule has 184 valence electrons. The lowest BCUT2D eigenvalue weighted by atomic mass is 10.1. The molecule has 0 radical (unpaired) electrons. The minimum absolute atomic E-state index is 0.276. The molecule has 0 aliphatic heterocycles. The van der Waals surface area contributed by atoms with Crippen LogP contribution in [0, 0.1) is 0 Å². The Hall–Kier alpha value is -4.58. The van der Waals surface area contributed by atoms with E-state index in [0.29, 0.717) is 6.10 Å². The fourth-order valence-corrected chi connectivity index (χ4v) is 4.78. The Kier molecular flexibility index (Phi) is 6.29. The number of aromatic amines is 2. The highest BCUT2D eigenvalue weighted by Gasteiger charge is 2.16. The van der Waals surface area contributed by atoms with E-state index in [1.165, 1.54) is 25.7 Å². The molecule has 0 unspecified atom stereocenters. The van der Waals surface area contributed by atoms with E-state index in [9.17, 15) is 5.11 Å². The van der Waals surface area contributed by atoms with Crippen LogP contribution >= 0.6 is 0 Å². The Morgan fingerprint density at radius 3 is 1.70 bits per heavy atom. The zero-order chi connectivity index (χ0) is 25.0. The molecule has 2 aromatic carbocycles. The van der Waals surface area contributed by atoms with Gasteiger partial charge < -0.3 is 19.8 Å². The van der Waals surface area contributed by atoms with E-state index in [0.717, 1.165) is 50.3 Å². The molecule has 1 aliphatic carbocycles. The van der Waals surface area contributed by atoms with Crippen molar-refractivity contribution in [3.8, 4) is 34.0 Å². The second-order valence-electron chi connectivity index (χ2n) is 9.34. The molecule has 1 fully saturated rings. The quantitative estimate of drug-likeness (QED) is 0.240. The molecule has 3 N–H and O–H groups in total. The maximum absolute atomic E-state index is 9.22. The number of phenolic OH excluding ortho intramolecular Hbond substituents is 1. The molecule has 1 aliphatic rings. The van der Waals surface area contributed by atoms with E-state index in [2.05, 4.69) is 62.4 Å². The molecule has 6 nitrogen and oxygen atoms in total. The third-order valence-electron chi connectivity index (χ3n) is 6.73. The van der Waals surface area contributed by atoms with Crippen LogP contribution in [0.4, 0.5) is 0 Å². The van der Waals surface area contributed by atoms with Crippen LogP contribution in [-0.4, -0.2) is 31.1 Å². The van der Waals surface area contributed by atoms with E-state index in [-0.39, 0.29) is 5.75 Å². The Balaban J connectivity index is 0.000000141. The summed E-state index contributed by atoms with van der Waals surface area (Å²) in [5, 5.41) is 11.4. The van der Waals surface area contributed by atoms with Crippen molar-refractivity contribution in [2.75, 3.05) is 0 Å². The fraction of sp³-hybridized carbons (Fsp3) is 0.161. The number of H-pyrrole nitrogens is 2. The zero-order valence-electron chi connectivity index (χ0n) is 20.4. The summed E-state index contributed by atoms with van der Waals surface area (Å²) in [6.07, 6.45) is 8.95. The van der Waals surface area contributed by atoms with Gasteiger partial charge in [-0.15, -0.1) is 0 Å². The number of aromatic hydroxyl groups is 1. The lowest BCUT2D eigenvalue weighted by molar-refractivity contribution is 0.210. The van der Waals surface area contributed by atoms with E-state index >= 15 is 0 Å². The van der Waals surface area contributed by atoms with Crippen LogP contribution in [0.3, 0.4) is 0 Å². The summed E-state index contributed by atoms with van der Waals surface area (Å²) in [6, 6.07) is 27.6. The van der Waals surface area contributed by atoms with Crippen LogP contribution in [0.15, 0.2) is 97.3 Å². The summed E-state index contributed by atoms with van der Waals surface area (Å²) in [4.78, 5) is 15.2. The van der Waals surface area contributed by atoms with E-state index in [1.807, 2.05) is 30.3 Å². The van der Waals surface area contributed by atoms with Gasteiger partial charge in [0, 0.05) is 34.6 Å². The van der Waals surface area contributed by atoms with Crippen LogP contribution < -0.4 is 4.74 Å². The second-order valence-corrected chi connectivity index (χ2v) is 9.34. The monoisotopic (exact) mass is 488 g/mol. The van der Waals surface area contributed by atoms with Crippen LogP contribution in [0.25, 0.3) is 44.6 Å². The van der Waals surface area contributed by atoms with Gasteiger partial charge in [-0.1, -0.05) is 0 Å². The molecule has 4 aromatic heterocycles. The summed E-state index contributed by atoms with van der Waals surface area (Å²) in [5.41, 5.74) is 6.11. The summed E-state index contributed by atoms with van der Waals surface area (Å²) < 4.78 is 6.00. The van der Waals surface area contributed by atoms with Crippen molar-refractivity contribution in [3.05, 3.63) is 97.3 Å². The molecular formula is C31H28N4O2. The Morgan fingerprint density at radius 2 is 1.19 bits per heavy atom. The van der Waals surface area contributed by atoms with E-state index in [1.54, 1.807) is 24.5 Å². The normalized spacial score (nSPS) is 13.5. The van der Waals surface area contributed by atoms with Crippen molar-refractivity contribution in [3.63, 3.8) is 0 Å². The Labute approximate surface area is 215 Å². The molecule has 0 saturated heterocycles. The molecule has 6 heteroatoms.